The second-order valence-corrected chi connectivity index (χ2v) is 7.74. The number of hydrogen-bond acceptors (Lipinski definition) is 4. The van der Waals surface area contributed by atoms with Crippen molar-refractivity contribution in [2.45, 2.75) is 52.9 Å². The van der Waals surface area contributed by atoms with Crippen molar-refractivity contribution in [3.63, 3.8) is 0 Å². The molecule has 0 fully saturated rings. The number of benzene rings is 2. The standard InChI is InChI=1S/C27H30O4/c1-4-24(20-12-10-19(3)11-13-20)25(5-2)21-14-16-23(17-15-21)31-27(29)30-18-22-8-6-7-9-26(22)28/h8,10-17H,4-7,9,18H2,1-3H3/b25-24+. The van der Waals surface area contributed by atoms with Crippen LogP contribution in [-0.4, -0.2) is 18.5 Å². The van der Waals surface area contributed by atoms with Gasteiger partial charge in [-0.05, 0) is 67.0 Å². The van der Waals surface area contributed by atoms with Crippen molar-refractivity contribution in [1.82, 2.24) is 0 Å². The fraction of sp³-hybridized carbons (Fsp3) is 0.333. The zero-order valence-corrected chi connectivity index (χ0v) is 18.6. The molecular formula is C27H30O4. The number of rotatable bonds is 7. The summed E-state index contributed by atoms with van der Waals surface area (Å²) in [6, 6.07) is 16.1. The van der Waals surface area contributed by atoms with Gasteiger partial charge in [0.05, 0.1) is 0 Å². The van der Waals surface area contributed by atoms with Crippen LogP contribution in [-0.2, 0) is 9.53 Å². The number of aryl methyl sites for hydroxylation is 1. The van der Waals surface area contributed by atoms with Gasteiger partial charge in [0.2, 0.25) is 0 Å². The minimum Gasteiger partial charge on any atom is -0.429 e. The number of allylic oxidation sites excluding steroid dienone is 3. The van der Waals surface area contributed by atoms with Crippen LogP contribution in [0.1, 0.15) is 62.6 Å². The maximum absolute atomic E-state index is 12.0. The lowest BCUT2D eigenvalue weighted by molar-refractivity contribution is -0.116. The third-order valence-electron chi connectivity index (χ3n) is 5.58. The molecule has 0 heterocycles. The molecule has 0 unspecified atom stereocenters. The lowest BCUT2D eigenvalue weighted by Crippen LogP contribution is -2.17. The first-order valence-corrected chi connectivity index (χ1v) is 11.0. The molecule has 0 bridgehead atoms. The molecule has 0 aromatic heterocycles. The van der Waals surface area contributed by atoms with Crippen molar-refractivity contribution in [3.05, 3.63) is 76.9 Å². The van der Waals surface area contributed by atoms with Crippen LogP contribution in [0.15, 0.2) is 60.2 Å². The summed E-state index contributed by atoms with van der Waals surface area (Å²) in [5.74, 6) is 0.462. The van der Waals surface area contributed by atoms with E-state index in [1.807, 2.05) is 18.2 Å². The summed E-state index contributed by atoms with van der Waals surface area (Å²) < 4.78 is 10.4. The van der Waals surface area contributed by atoms with Gasteiger partial charge in [0, 0.05) is 12.0 Å². The van der Waals surface area contributed by atoms with E-state index in [1.165, 1.54) is 22.3 Å². The molecule has 0 saturated carbocycles. The molecule has 0 spiro atoms. The average molecular weight is 419 g/mol. The van der Waals surface area contributed by atoms with Crippen LogP contribution in [0.2, 0.25) is 0 Å². The first-order chi connectivity index (χ1) is 15.0. The van der Waals surface area contributed by atoms with E-state index in [2.05, 4.69) is 45.0 Å². The van der Waals surface area contributed by atoms with E-state index in [-0.39, 0.29) is 12.4 Å². The fourth-order valence-electron chi connectivity index (χ4n) is 3.88. The van der Waals surface area contributed by atoms with E-state index in [0.717, 1.165) is 31.2 Å². The Hall–Kier alpha value is -3.14. The van der Waals surface area contributed by atoms with Crippen molar-refractivity contribution in [3.8, 4) is 5.75 Å². The molecular weight excluding hydrogens is 388 g/mol. The van der Waals surface area contributed by atoms with Gasteiger partial charge in [0.25, 0.3) is 0 Å². The van der Waals surface area contributed by atoms with Gasteiger partial charge in [-0.1, -0.05) is 61.9 Å². The maximum atomic E-state index is 12.0. The van der Waals surface area contributed by atoms with Crippen LogP contribution in [0.3, 0.4) is 0 Å². The highest BCUT2D eigenvalue weighted by atomic mass is 16.7. The van der Waals surface area contributed by atoms with Crippen molar-refractivity contribution < 1.29 is 19.1 Å². The Bertz CT molecular complexity index is 979. The SMILES string of the molecule is CC/C(=C(/CC)c1ccc(OC(=O)OCC2=CCCCC2=O)cc1)c1ccc(C)cc1. The minimum absolute atomic E-state index is 0.0329. The Labute approximate surface area is 184 Å². The van der Waals surface area contributed by atoms with Crippen LogP contribution in [0.25, 0.3) is 11.1 Å². The second-order valence-electron chi connectivity index (χ2n) is 7.74. The van der Waals surface area contributed by atoms with Gasteiger partial charge in [-0.2, -0.15) is 0 Å². The number of carbonyl (C=O) groups excluding carboxylic acids is 2. The highest BCUT2D eigenvalue weighted by Crippen LogP contribution is 2.32. The third kappa shape index (κ3) is 5.94. The predicted octanol–water partition coefficient (Wildman–Crippen LogP) is 6.92. The summed E-state index contributed by atoms with van der Waals surface area (Å²) in [6.07, 6.45) is 5.10. The molecule has 0 amide bonds. The van der Waals surface area contributed by atoms with Gasteiger partial charge in [-0.25, -0.2) is 4.79 Å². The van der Waals surface area contributed by atoms with Gasteiger partial charge >= 0.3 is 6.16 Å². The monoisotopic (exact) mass is 418 g/mol. The van der Waals surface area contributed by atoms with Crippen LogP contribution in [0.5, 0.6) is 5.75 Å². The minimum atomic E-state index is -0.799. The summed E-state index contributed by atoms with van der Waals surface area (Å²) in [5, 5.41) is 0. The first kappa shape index (κ1) is 22.5. The lowest BCUT2D eigenvalue weighted by Gasteiger charge is -2.15. The Morgan fingerprint density at radius 1 is 0.903 bits per heavy atom. The smallest absolute Gasteiger partial charge is 0.429 e. The normalized spacial score (nSPS) is 14.5. The molecule has 1 aliphatic carbocycles. The van der Waals surface area contributed by atoms with Crippen molar-refractivity contribution in [1.29, 1.82) is 0 Å². The lowest BCUT2D eigenvalue weighted by atomic mass is 9.91. The van der Waals surface area contributed by atoms with Crippen LogP contribution in [0, 0.1) is 6.92 Å². The van der Waals surface area contributed by atoms with E-state index in [4.69, 9.17) is 9.47 Å². The largest absolute Gasteiger partial charge is 0.514 e. The topological polar surface area (TPSA) is 52.6 Å². The fourth-order valence-corrected chi connectivity index (χ4v) is 3.88. The van der Waals surface area contributed by atoms with Gasteiger partial charge in [-0.15, -0.1) is 0 Å². The third-order valence-corrected chi connectivity index (χ3v) is 5.58. The highest BCUT2D eigenvalue weighted by molar-refractivity contribution is 5.96. The predicted molar refractivity (Wildman–Crippen MR) is 124 cm³/mol. The zero-order valence-electron chi connectivity index (χ0n) is 18.6. The van der Waals surface area contributed by atoms with E-state index in [9.17, 15) is 9.59 Å². The number of hydrogen-bond donors (Lipinski definition) is 0. The Morgan fingerprint density at radius 3 is 2.03 bits per heavy atom. The summed E-state index contributed by atoms with van der Waals surface area (Å²) >= 11 is 0. The number of ketones is 1. The summed E-state index contributed by atoms with van der Waals surface area (Å²) in [6.45, 7) is 6.38. The van der Waals surface area contributed by atoms with E-state index < -0.39 is 6.16 Å². The molecule has 2 aromatic rings. The van der Waals surface area contributed by atoms with E-state index >= 15 is 0 Å². The number of ether oxygens (including phenoxy) is 2. The van der Waals surface area contributed by atoms with E-state index in [1.54, 1.807) is 12.1 Å². The molecule has 162 valence electrons. The van der Waals surface area contributed by atoms with Crippen LogP contribution in [0.4, 0.5) is 4.79 Å². The van der Waals surface area contributed by atoms with Gasteiger partial charge in [-0.3, -0.25) is 4.79 Å². The zero-order chi connectivity index (χ0) is 22.2. The maximum Gasteiger partial charge on any atom is 0.514 e. The second kappa shape index (κ2) is 10.8. The van der Waals surface area contributed by atoms with Crippen LogP contribution < -0.4 is 4.74 Å². The number of Topliss-reactive ketones (excluding diaryl/α,β-unsaturated/α-hetero) is 1. The van der Waals surface area contributed by atoms with Crippen molar-refractivity contribution in [2.75, 3.05) is 6.61 Å². The molecule has 4 heteroatoms. The molecule has 2 aromatic carbocycles. The van der Waals surface area contributed by atoms with Gasteiger partial charge < -0.3 is 9.47 Å². The Morgan fingerprint density at radius 2 is 1.48 bits per heavy atom. The summed E-state index contributed by atoms with van der Waals surface area (Å²) in [7, 11) is 0. The number of carbonyl (C=O) groups is 2. The molecule has 0 saturated heterocycles. The molecule has 0 aliphatic heterocycles. The van der Waals surface area contributed by atoms with Gasteiger partial charge in [0.1, 0.15) is 12.4 Å². The molecule has 31 heavy (non-hydrogen) atoms. The Balaban J connectivity index is 1.69. The summed E-state index contributed by atoms with van der Waals surface area (Å²) in [4.78, 5) is 23.8. The first-order valence-electron chi connectivity index (χ1n) is 11.0. The van der Waals surface area contributed by atoms with Crippen molar-refractivity contribution in [2.24, 2.45) is 0 Å². The molecule has 0 atom stereocenters. The molecule has 3 rings (SSSR count). The quantitative estimate of drug-likeness (QED) is 0.278. The molecule has 1 aliphatic rings. The highest BCUT2D eigenvalue weighted by Gasteiger charge is 2.16. The average Bonchev–Trinajstić information content (AvgIpc) is 2.78. The van der Waals surface area contributed by atoms with E-state index in [0.29, 0.717) is 17.7 Å². The van der Waals surface area contributed by atoms with Gasteiger partial charge in [0.15, 0.2) is 5.78 Å². The van der Waals surface area contributed by atoms with Crippen molar-refractivity contribution >= 4 is 23.1 Å². The molecule has 0 radical (unpaired) electrons. The molecule has 0 N–H and O–H groups in total. The Kier molecular flexibility index (Phi) is 7.82. The molecule has 4 nitrogen and oxygen atoms in total. The van der Waals surface area contributed by atoms with Crippen LogP contribution >= 0.6 is 0 Å². The summed E-state index contributed by atoms with van der Waals surface area (Å²) in [5.41, 5.74) is 6.75.